The molecule has 1 amide bonds. The number of carbonyl (C=O) groups excluding carboxylic acids is 1. The molecule has 0 atom stereocenters. The van der Waals surface area contributed by atoms with Gasteiger partial charge >= 0.3 is 0 Å². The molecule has 140 valence electrons. The topological polar surface area (TPSA) is 54.5 Å². The molecular formula is C19H23Cl2N3O2. The third kappa shape index (κ3) is 4.75. The molecule has 3 aromatic rings. The Bertz CT molecular complexity index is 900. The molecule has 1 N–H and O–H groups in total. The molecule has 0 radical (unpaired) electrons. The smallest absolute Gasteiger partial charge is 0.253 e. The van der Waals surface area contributed by atoms with Crippen LogP contribution in [0.2, 0.25) is 0 Å². The highest BCUT2D eigenvalue weighted by atomic mass is 35.5. The number of carbonyl (C=O) groups is 1. The maximum atomic E-state index is 12.5. The van der Waals surface area contributed by atoms with Gasteiger partial charge in [-0.25, -0.2) is 4.98 Å². The summed E-state index contributed by atoms with van der Waals surface area (Å²) < 4.78 is 5.26. The van der Waals surface area contributed by atoms with Gasteiger partial charge < -0.3 is 15.0 Å². The van der Waals surface area contributed by atoms with Gasteiger partial charge in [0.1, 0.15) is 5.75 Å². The monoisotopic (exact) mass is 395 g/mol. The van der Waals surface area contributed by atoms with Gasteiger partial charge in [-0.1, -0.05) is 12.1 Å². The van der Waals surface area contributed by atoms with Crippen molar-refractivity contribution in [3.63, 3.8) is 0 Å². The predicted molar refractivity (Wildman–Crippen MR) is 111 cm³/mol. The van der Waals surface area contributed by atoms with E-state index in [0.29, 0.717) is 17.6 Å². The summed E-state index contributed by atoms with van der Waals surface area (Å²) in [4.78, 5) is 19.2. The second kappa shape index (κ2) is 9.57. The van der Waals surface area contributed by atoms with E-state index in [2.05, 4.69) is 5.32 Å². The summed E-state index contributed by atoms with van der Waals surface area (Å²) in [7, 11) is 5.59. The first-order chi connectivity index (χ1) is 11.6. The van der Waals surface area contributed by atoms with Crippen molar-refractivity contribution >= 4 is 52.5 Å². The number of benzene rings is 2. The molecular weight excluding hydrogens is 373 g/mol. The average Bonchev–Trinajstić information content (AvgIpc) is 2.58. The fraction of sp³-hybridized carbons (Fsp3) is 0.263. The van der Waals surface area contributed by atoms with Crippen molar-refractivity contribution in [2.45, 2.75) is 0 Å². The van der Waals surface area contributed by atoms with E-state index in [-0.39, 0.29) is 30.7 Å². The molecule has 0 bridgehead atoms. The van der Waals surface area contributed by atoms with Crippen molar-refractivity contribution in [2.24, 2.45) is 0 Å². The summed E-state index contributed by atoms with van der Waals surface area (Å²) in [5, 5.41) is 4.92. The molecule has 0 saturated carbocycles. The Hall–Kier alpha value is -2.08. The molecule has 7 heteroatoms. The van der Waals surface area contributed by atoms with Gasteiger partial charge in [0, 0.05) is 29.9 Å². The summed E-state index contributed by atoms with van der Waals surface area (Å²) in [5.74, 6) is 0.652. The van der Waals surface area contributed by atoms with Gasteiger partial charge in [0.25, 0.3) is 5.91 Å². The number of fused-ring (bicyclic) bond motifs is 2. The Morgan fingerprint density at radius 1 is 1.12 bits per heavy atom. The molecule has 3 rings (SSSR count). The lowest BCUT2D eigenvalue weighted by molar-refractivity contribution is 0.0952. The van der Waals surface area contributed by atoms with Crippen LogP contribution in [0.1, 0.15) is 10.4 Å². The van der Waals surface area contributed by atoms with Crippen molar-refractivity contribution < 1.29 is 9.53 Å². The summed E-state index contributed by atoms with van der Waals surface area (Å²) in [6.45, 7) is 1.40. The molecule has 5 nitrogen and oxygen atoms in total. The largest absolute Gasteiger partial charge is 0.497 e. The molecule has 26 heavy (non-hydrogen) atoms. The molecule has 1 aromatic heterocycles. The lowest BCUT2D eigenvalue weighted by Crippen LogP contribution is -2.31. The number of rotatable bonds is 5. The van der Waals surface area contributed by atoms with Crippen LogP contribution in [0.3, 0.4) is 0 Å². The van der Waals surface area contributed by atoms with Gasteiger partial charge in [-0.3, -0.25) is 4.79 Å². The summed E-state index contributed by atoms with van der Waals surface area (Å²) in [5.41, 5.74) is 2.12. The van der Waals surface area contributed by atoms with E-state index in [1.807, 2.05) is 61.5 Å². The number of amides is 1. The second-order valence-electron chi connectivity index (χ2n) is 5.98. The highest BCUT2D eigenvalue weighted by molar-refractivity contribution is 6.07. The van der Waals surface area contributed by atoms with E-state index in [1.54, 1.807) is 7.11 Å². The van der Waals surface area contributed by atoms with Crippen molar-refractivity contribution in [3.8, 4) is 5.75 Å². The van der Waals surface area contributed by atoms with Crippen LogP contribution >= 0.6 is 24.8 Å². The minimum Gasteiger partial charge on any atom is -0.497 e. The van der Waals surface area contributed by atoms with Gasteiger partial charge in [0.05, 0.1) is 23.7 Å². The zero-order valence-corrected chi connectivity index (χ0v) is 16.6. The van der Waals surface area contributed by atoms with Crippen molar-refractivity contribution in [1.29, 1.82) is 0 Å². The molecule has 0 spiro atoms. The SMILES string of the molecule is COc1ccc2cc3cccc(C(=O)NCCN(C)C)c3nc2c1.Cl.Cl. The van der Waals surface area contributed by atoms with Gasteiger partial charge in [0.15, 0.2) is 0 Å². The van der Waals surface area contributed by atoms with Crippen LogP contribution in [0.4, 0.5) is 0 Å². The average molecular weight is 396 g/mol. The summed E-state index contributed by atoms with van der Waals surface area (Å²) >= 11 is 0. The quantitative estimate of drug-likeness (QED) is 0.671. The minimum atomic E-state index is -0.0998. The number of ether oxygens (including phenoxy) is 1. The van der Waals surface area contributed by atoms with Crippen molar-refractivity contribution in [1.82, 2.24) is 15.2 Å². The van der Waals surface area contributed by atoms with Gasteiger partial charge in [-0.05, 0) is 38.4 Å². The Labute approximate surface area is 165 Å². The number of nitrogens with one attached hydrogen (secondary N) is 1. The molecule has 0 fully saturated rings. The van der Waals surface area contributed by atoms with Crippen LogP contribution in [-0.4, -0.2) is 50.1 Å². The van der Waals surface area contributed by atoms with Crippen LogP contribution in [0.15, 0.2) is 42.5 Å². The second-order valence-corrected chi connectivity index (χ2v) is 5.98. The number of pyridine rings is 1. The number of likely N-dealkylation sites (N-methyl/N-ethyl adjacent to an activating group) is 1. The number of halogens is 2. The first kappa shape index (κ1) is 22.0. The standard InChI is InChI=1S/C19H21N3O2.2ClH/c1-22(2)10-9-20-19(23)16-6-4-5-14-11-13-7-8-15(24-3)12-17(13)21-18(14)16;;/h4-8,11-12H,9-10H2,1-3H3,(H,20,23);2*1H. The van der Waals surface area contributed by atoms with Gasteiger partial charge in [-0.2, -0.15) is 0 Å². The van der Waals surface area contributed by atoms with Gasteiger partial charge in [0.2, 0.25) is 0 Å². The highest BCUT2D eigenvalue weighted by Crippen LogP contribution is 2.25. The number of nitrogens with zero attached hydrogens (tertiary/aromatic N) is 2. The van der Waals surface area contributed by atoms with Crippen LogP contribution in [-0.2, 0) is 0 Å². The van der Waals surface area contributed by atoms with E-state index >= 15 is 0 Å². The molecule has 0 aliphatic heterocycles. The number of hydrogen-bond acceptors (Lipinski definition) is 4. The maximum Gasteiger partial charge on any atom is 0.253 e. The Morgan fingerprint density at radius 2 is 1.88 bits per heavy atom. The third-order valence-corrected chi connectivity index (χ3v) is 3.94. The lowest BCUT2D eigenvalue weighted by atomic mass is 10.1. The van der Waals surface area contributed by atoms with Crippen molar-refractivity contribution in [3.05, 3.63) is 48.0 Å². The van der Waals surface area contributed by atoms with E-state index in [0.717, 1.165) is 28.6 Å². The van der Waals surface area contributed by atoms with E-state index in [9.17, 15) is 4.79 Å². The predicted octanol–water partition coefficient (Wildman–Crippen LogP) is 3.53. The van der Waals surface area contributed by atoms with Crippen LogP contribution in [0, 0.1) is 0 Å². The summed E-state index contributed by atoms with van der Waals surface area (Å²) in [6, 6.07) is 13.5. The minimum absolute atomic E-state index is 0. The van der Waals surface area contributed by atoms with Gasteiger partial charge in [-0.15, -0.1) is 24.8 Å². The Balaban J connectivity index is 0.00000169. The third-order valence-electron chi connectivity index (χ3n) is 3.94. The fourth-order valence-electron chi connectivity index (χ4n) is 2.63. The first-order valence-corrected chi connectivity index (χ1v) is 7.89. The van der Waals surface area contributed by atoms with E-state index in [1.165, 1.54) is 0 Å². The van der Waals surface area contributed by atoms with Crippen LogP contribution in [0.5, 0.6) is 5.75 Å². The number of aromatic nitrogens is 1. The fourth-order valence-corrected chi connectivity index (χ4v) is 2.63. The zero-order chi connectivity index (χ0) is 17.1. The first-order valence-electron chi connectivity index (χ1n) is 7.89. The highest BCUT2D eigenvalue weighted by Gasteiger charge is 2.12. The number of para-hydroxylation sites is 1. The molecule has 0 unspecified atom stereocenters. The van der Waals surface area contributed by atoms with Crippen molar-refractivity contribution in [2.75, 3.05) is 34.3 Å². The normalized spacial score (nSPS) is 10.3. The molecule has 0 aliphatic rings. The molecule has 0 saturated heterocycles. The molecule has 0 aliphatic carbocycles. The number of methoxy groups -OCH3 is 1. The lowest BCUT2D eigenvalue weighted by Gasteiger charge is -2.12. The van der Waals surface area contributed by atoms with Crippen LogP contribution in [0.25, 0.3) is 21.8 Å². The maximum absolute atomic E-state index is 12.5. The van der Waals surface area contributed by atoms with E-state index < -0.39 is 0 Å². The Kier molecular flexibility index (Phi) is 8.08. The molecule has 2 aromatic carbocycles. The van der Waals surface area contributed by atoms with Crippen LogP contribution < -0.4 is 10.1 Å². The molecule has 1 heterocycles. The van der Waals surface area contributed by atoms with E-state index in [4.69, 9.17) is 9.72 Å². The number of hydrogen-bond donors (Lipinski definition) is 1. The summed E-state index contributed by atoms with van der Waals surface area (Å²) in [6.07, 6.45) is 0. The Morgan fingerprint density at radius 3 is 2.58 bits per heavy atom. The zero-order valence-electron chi connectivity index (χ0n) is 15.0.